The maximum Gasteiger partial charge on any atom is 0.134 e. The van der Waals surface area contributed by atoms with Crippen LogP contribution in [-0.4, -0.2) is 30.6 Å². The lowest BCUT2D eigenvalue weighted by Crippen LogP contribution is -2.48. The zero-order chi connectivity index (χ0) is 11.7. The molecule has 0 spiro atoms. The van der Waals surface area contributed by atoms with Gasteiger partial charge in [-0.3, -0.25) is 4.90 Å². The van der Waals surface area contributed by atoms with Crippen LogP contribution in [0, 0.1) is 0 Å². The van der Waals surface area contributed by atoms with Gasteiger partial charge in [-0.25, -0.2) is 0 Å². The van der Waals surface area contributed by atoms with Gasteiger partial charge in [-0.2, -0.15) is 0 Å². The van der Waals surface area contributed by atoms with E-state index < -0.39 is 0 Å². The van der Waals surface area contributed by atoms with Gasteiger partial charge in [0, 0.05) is 43.2 Å². The van der Waals surface area contributed by atoms with E-state index in [1.165, 1.54) is 10.9 Å². The SMILES string of the molecule is C[C@H]1CN(Cc2coc3ccccc23)CCN1. The Bertz CT molecular complexity index is 506. The molecule has 1 fully saturated rings. The van der Waals surface area contributed by atoms with Gasteiger partial charge in [0.25, 0.3) is 0 Å². The molecular formula is C14H18N2O. The van der Waals surface area contributed by atoms with Crippen molar-refractivity contribution in [3.05, 3.63) is 36.1 Å². The third-order valence-electron chi connectivity index (χ3n) is 3.41. The maximum atomic E-state index is 5.58. The summed E-state index contributed by atoms with van der Waals surface area (Å²) in [7, 11) is 0. The molecule has 0 radical (unpaired) electrons. The van der Waals surface area contributed by atoms with Gasteiger partial charge in [-0.1, -0.05) is 18.2 Å². The second-order valence-corrected chi connectivity index (χ2v) is 4.85. The Balaban J connectivity index is 1.80. The molecule has 3 rings (SSSR count). The lowest BCUT2D eigenvalue weighted by Gasteiger charge is -2.31. The Morgan fingerprint density at radius 1 is 1.41 bits per heavy atom. The highest BCUT2D eigenvalue weighted by atomic mass is 16.3. The van der Waals surface area contributed by atoms with Crippen LogP contribution in [0.15, 0.2) is 34.9 Å². The monoisotopic (exact) mass is 230 g/mol. The number of nitrogens with zero attached hydrogens (tertiary/aromatic N) is 1. The predicted molar refractivity (Wildman–Crippen MR) is 69.0 cm³/mol. The summed E-state index contributed by atoms with van der Waals surface area (Å²) in [4.78, 5) is 2.48. The fourth-order valence-corrected chi connectivity index (χ4v) is 2.55. The molecule has 0 amide bonds. The highest BCUT2D eigenvalue weighted by Crippen LogP contribution is 2.22. The first-order valence-corrected chi connectivity index (χ1v) is 6.24. The van der Waals surface area contributed by atoms with Crippen molar-refractivity contribution in [3.8, 4) is 0 Å². The molecule has 3 heteroatoms. The predicted octanol–water partition coefficient (Wildman–Crippen LogP) is 2.23. The van der Waals surface area contributed by atoms with Gasteiger partial charge in [0.15, 0.2) is 0 Å². The third-order valence-corrected chi connectivity index (χ3v) is 3.41. The van der Waals surface area contributed by atoms with E-state index in [9.17, 15) is 0 Å². The lowest BCUT2D eigenvalue weighted by atomic mass is 10.1. The summed E-state index contributed by atoms with van der Waals surface area (Å²) in [6.45, 7) is 6.53. The van der Waals surface area contributed by atoms with Gasteiger partial charge in [0.05, 0.1) is 6.26 Å². The number of para-hydroxylation sites is 1. The smallest absolute Gasteiger partial charge is 0.134 e. The molecule has 0 saturated carbocycles. The van der Waals surface area contributed by atoms with E-state index in [4.69, 9.17) is 4.42 Å². The van der Waals surface area contributed by atoms with Crippen molar-refractivity contribution in [2.75, 3.05) is 19.6 Å². The number of piperazine rings is 1. The van der Waals surface area contributed by atoms with Gasteiger partial charge in [0.1, 0.15) is 5.58 Å². The molecule has 1 atom stereocenters. The van der Waals surface area contributed by atoms with Crippen LogP contribution in [0.4, 0.5) is 0 Å². The molecule has 1 saturated heterocycles. The highest BCUT2D eigenvalue weighted by molar-refractivity contribution is 5.80. The van der Waals surface area contributed by atoms with E-state index in [1.807, 2.05) is 18.4 Å². The number of furan rings is 1. The molecule has 0 aliphatic carbocycles. The topological polar surface area (TPSA) is 28.4 Å². The van der Waals surface area contributed by atoms with Crippen LogP contribution in [0.3, 0.4) is 0 Å². The Labute approximate surface area is 101 Å². The standard InChI is InChI=1S/C14H18N2O/c1-11-8-16(7-6-15-11)9-12-10-17-14-5-3-2-4-13(12)14/h2-5,10-11,15H,6-9H2,1H3/t11-/m0/s1. The molecule has 3 nitrogen and oxygen atoms in total. The lowest BCUT2D eigenvalue weighted by molar-refractivity contribution is 0.200. The van der Waals surface area contributed by atoms with Crippen LogP contribution >= 0.6 is 0 Å². The zero-order valence-electron chi connectivity index (χ0n) is 10.1. The molecule has 1 aliphatic heterocycles. The molecule has 1 aromatic heterocycles. The molecule has 17 heavy (non-hydrogen) atoms. The maximum absolute atomic E-state index is 5.58. The minimum Gasteiger partial charge on any atom is -0.464 e. The van der Waals surface area contributed by atoms with Crippen LogP contribution in [0.5, 0.6) is 0 Å². The van der Waals surface area contributed by atoms with Gasteiger partial charge in [-0.15, -0.1) is 0 Å². The van der Waals surface area contributed by atoms with Crippen molar-refractivity contribution < 1.29 is 4.42 Å². The molecule has 1 N–H and O–H groups in total. The molecule has 2 aromatic rings. The molecule has 1 aliphatic rings. The number of benzene rings is 1. The van der Waals surface area contributed by atoms with Crippen molar-refractivity contribution in [3.63, 3.8) is 0 Å². The van der Waals surface area contributed by atoms with E-state index in [0.29, 0.717) is 6.04 Å². The average Bonchev–Trinajstić information content (AvgIpc) is 2.73. The number of hydrogen-bond acceptors (Lipinski definition) is 3. The largest absolute Gasteiger partial charge is 0.464 e. The van der Waals surface area contributed by atoms with E-state index in [2.05, 4.69) is 29.3 Å². The van der Waals surface area contributed by atoms with Crippen LogP contribution in [-0.2, 0) is 6.54 Å². The molecule has 2 heterocycles. The molecular weight excluding hydrogens is 212 g/mol. The normalized spacial score (nSPS) is 22.1. The van der Waals surface area contributed by atoms with Crippen molar-refractivity contribution in [2.24, 2.45) is 0 Å². The summed E-state index contributed by atoms with van der Waals surface area (Å²) in [6.07, 6.45) is 1.90. The van der Waals surface area contributed by atoms with Gasteiger partial charge in [0.2, 0.25) is 0 Å². The number of fused-ring (bicyclic) bond motifs is 1. The van der Waals surface area contributed by atoms with E-state index in [1.54, 1.807) is 0 Å². The van der Waals surface area contributed by atoms with E-state index >= 15 is 0 Å². The third kappa shape index (κ3) is 2.21. The quantitative estimate of drug-likeness (QED) is 0.857. The summed E-state index contributed by atoms with van der Waals surface area (Å²) < 4.78 is 5.58. The van der Waals surface area contributed by atoms with Crippen LogP contribution < -0.4 is 5.32 Å². The van der Waals surface area contributed by atoms with Crippen molar-refractivity contribution in [1.82, 2.24) is 10.2 Å². The van der Waals surface area contributed by atoms with Gasteiger partial charge < -0.3 is 9.73 Å². The van der Waals surface area contributed by atoms with Gasteiger partial charge in [-0.05, 0) is 13.0 Å². The second kappa shape index (κ2) is 4.51. The summed E-state index contributed by atoms with van der Waals surface area (Å²) in [5.74, 6) is 0. The second-order valence-electron chi connectivity index (χ2n) is 4.85. The molecule has 0 unspecified atom stereocenters. The van der Waals surface area contributed by atoms with Crippen LogP contribution in [0.1, 0.15) is 12.5 Å². The van der Waals surface area contributed by atoms with Crippen LogP contribution in [0.2, 0.25) is 0 Å². The molecule has 0 bridgehead atoms. The van der Waals surface area contributed by atoms with Crippen molar-refractivity contribution in [2.45, 2.75) is 19.5 Å². The number of rotatable bonds is 2. The van der Waals surface area contributed by atoms with Gasteiger partial charge >= 0.3 is 0 Å². The Morgan fingerprint density at radius 3 is 3.18 bits per heavy atom. The van der Waals surface area contributed by atoms with E-state index in [-0.39, 0.29) is 0 Å². The zero-order valence-corrected chi connectivity index (χ0v) is 10.1. The number of nitrogens with one attached hydrogen (secondary N) is 1. The Kier molecular flexibility index (Phi) is 2.87. The fourth-order valence-electron chi connectivity index (χ4n) is 2.55. The summed E-state index contributed by atoms with van der Waals surface area (Å²) >= 11 is 0. The summed E-state index contributed by atoms with van der Waals surface area (Å²) in [5.41, 5.74) is 2.29. The Morgan fingerprint density at radius 2 is 2.29 bits per heavy atom. The average molecular weight is 230 g/mol. The highest BCUT2D eigenvalue weighted by Gasteiger charge is 2.17. The first kappa shape index (κ1) is 10.8. The minimum absolute atomic E-state index is 0.585. The Hall–Kier alpha value is -1.32. The molecule has 1 aromatic carbocycles. The summed E-state index contributed by atoms with van der Waals surface area (Å²) in [6, 6.07) is 8.84. The number of hydrogen-bond donors (Lipinski definition) is 1. The minimum atomic E-state index is 0.585. The molecule has 90 valence electrons. The first-order valence-electron chi connectivity index (χ1n) is 6.24. The van der Waals surface area contributed by atoms with Crippen molar-refractivity contribution in [1.29, 1.82) is 0 Å². The van der Waals surface area contributed by atoms with E-state index in [0.717, 1.165) is 31.8 Å². The summed E-state index contributed by atoms with van der Waals surface area (Å²) in [5, 5.41) is 4.71. The van der Waals surface area contributed by atoms with Crippen molar-refractivity contribution >= 4 is 11.0 Å². The fraction of sp³-hybridized carbons (Fsp3) is 0.429. The van der Waals surface area contributed by atoms with Crippen LogP contribution in [0.25, 0.3) is 11.0 Å². The first-order chi connectivity index (χ1) is 8.33.